The van der Waals surface area contributed by atoms with Crippen LogP contribution in [0.2, 0.25) is 0 Å². The fraction of sp³-hybridized carbons (Fsp3) is 0.391. The molecule has 1 heterocycles. The van der Waals surface area contributed by atoms with Crippen LogP contribution < -0.4 is 5.32 Å². The average molecular weight is 364 g/mol. The summed E-state index contributed by atoms with van der Waals surface area (Å²) in [5, 5.41) is 3.06. The summed E-state index contributed by atoms with van der Waals surface area (Å²) in [6, 6.07) is 18.0. The Morgan fingerprint density at radius 3 is 2.33 bits per heavy atom. The van der Waals surface area contributed by atoms with Gasteiger partial charge in [-0.3, -0.25) is 9.59 Å². The van der Waals surface area contributed by atoms with Crippen molar-refractivity contribution in [2.24, 2.45) is 5.92 Å². The number of nitrogens with zero attached hydrogens (tertiary/aromatic N) is 1. The van der Waals surface area contributed by atoms with E-state index in [1.807, 2.05) is 54.3 Å². The van der Waals surface area contributed by atoms with Gasteiger partial charge in [-0.2, -0.15) is 0 Å². The number of piperidine rings is 1. The van der Waals surface area contributed by atoms with Crippen LogP contribution in [0.25, 0.3) is 0 Å². The minimum absolute atomic E-state index is 0.0174. The Hall–Kier alpha value is -2.62. The van der Waals surface area contributed by atoms with E-state index in [0.717, 1.165) is 36.8 Å². The van der Waals surface area contributed by atoms with E-state index in [1.54, 1.807) is 0 Å². The van der Waals surface area contributed by atoms with Crippen LogP contribution in [0, 0.1) is 12.8 Å². The van der Waals surface area contributed by atoms with E-state index in [1.165, 1.54) is 5.56 Å². The van der Waals surface area contributed by atoms with Crippen molar-refractivity contribution in [2.75, 3.05) is 19.6 Å². The quantitative estimate of drug-likeness (QED) is 0.796. The second-order valence-corrected chi connectivity index (χ2v) is 7.31. The monoisotopic (exact) mass is 364 g/mol. The van der Waals surface area contributed by atoms with Crippen LogP contribution >= 0.6 is 0 Å². The lowest BCUT2D eigenvalue weighted by Crippen LogP contribution is -2.43. The summed E-state index contributed by atoms with van der Waals surface area (Å²) in [6.07, 6.45) is 3.40. The Morgan fingerprint density at radius 1 is 1.00 bits per heavy atom. The van der Waals surface area contributed by atoms with Crippen LogP contribution in [0.15, 0.2) is 54.6 Å². The minimum Gasteiger partial charge on any atom is -0.356 e. The van der Waals surface area contributed by atoms with Gasteiger partial charge in [0, 0.05) is 31.1 Å². The molecule has 4 nitrogen and oxygen atoms in total. The van der Waals surface area contributed by atoms with Gasteiger partial charge in [0.05, 0.1) is 0 Å². The van der Waals surface area contributed by atoms with E-state index in [-0.39, 0.29) is 17.7 Å². The molecule has 0 bridgehead atoms. The summed E-state index contributed by atoms with van der Waals surface area (Å²) < 4.78 is 0. The number of benzene rings is 2. The van der Waals surface area contributed by atoms with Crippen molar-refractivity contribution < 1.29 is 9.59 Å². The summed E-state index contributed by atoms with van der Waals surface area (Å²) in [5.41, 5.74) is 3.17. The second-order valence-electron chi connectivity index (χ2n) is 7.31. The largest absolute Gasteiger partial charge is 0.356 e. The molecule has 0 spiro atoms. The summed E-state index contributed by atoms with van der Waals surface area (Å²) >= 11 is 0. The van der Waals surface area contributed by atoms with Crippen molar-refractivity contribution in [3.05, 3.63) is 71.3 Å². The lowest BCUT2D eigenvalue weighted by molar-refractivity contribution is -0.126. The van der Waals surface area contributed by atoms with E-state index in [0.29, 0.717) is 19.6 Å². The highest BCUT2D eigenvalue weighted by Gasteiger charge is 2.27. The molecule has 2 aromatic carbocycles. The number of hydrogen-bond acceptors (Lipinski definition) is 2. The fourth-order valence-corrected chi connectivity index (χ4v) is 3.52. The van der Waals surface area contributed by atoms with Crippen molar-refractivity contribution in [1.29, 1.82) is 0 Å². The molecule has 0 saturated carbocycles. The van der Waals surface area contributed by atoms with Crippen molar-refractivity contribution in [3.8, 4) is 0 Å². The van der Waals surface area contributed by atoms with E-state index in [9.17, 15) is 9.59 Å². The van der Waals surface area contributed by atoms with E-state index >= 15 is 0 Å². The van der Waals surface area contributed by atoms with Gasteiger partial charge in [0.15, 0.2) is 0 Å². The maximum absolute atomic E-state index is 12.6. The molecule has 1 saturated heterocycles. The normalized spacial score (nSPS) is 14.8. The van der Waals surface area contributed by atoms with Gasteiger partial charge < -0.3 is 10.2 Å². The van der Waals surface area contributed by atoms with Crippen LogP contribution in [0.5, 0.6) is 0 Å². The number of aryl methyl sites for hydroxylation is 2. The molecule has 0 atom stereocenters. The first kappa shape index (κ1) is 19.2. The minimum atomic E-state index is 0.0174. The molecule has 0 unspecified atom stereocenters. The number of likely N-dealkylation sites (tertiary alicyclic amines) is 1. The van der Waals surface area contributed by atoms with Crippen molar-refractivity contribution in [1.82, 2.24) is 10.2 Å². The van der Waals surface area contributed by atoms with Gasteiger partial charge in [-0.25, -0.2) is 0 Å². The maximum atomic E-state index is 12.6. The highest BCUT2D eigenvalue weighted by molar-refractivity contribution is 5.94. The molecular formula is C23H28N2O2. The van der Waals surface area contributed by atoms with Gasteiger partial charge in [-0.15, -0.1) is 0 Å². The lowest BCUT2D eigenvalue weighted by atomic mass is 9.95. The number of nitrogens with one attached hydrogen (secondary N) is 1. The molecule has 1 N–H and O–H groups in total. The molecule has 142 valence electrons. The number of rotatable bonds is 6. The zero-order valence-electron chi connectivity index (χ0n) is 16.0. The average Bonchev–Trinajstić information content (AvgIpc) is 2.72. The topological polar surface area (TPSA) is 49.4 Å². The van der Waals surface area contributed by atoms with Crippen LogP contribution in [0.3, 0.4) is 0 Å². The smallest absolute Gasteiger partial charge is 0.253 e. The van der Waals surface area contributed by atoms with E-state index < -0.39 is 0 Å². The zero-order valence-corrected chi connectivity index (χ0v) is 16.0. The van der Waals surface area contributed by atoms with Crippen molar-refractivity contribution in [3.63, 3.8) is 0 Å². The predicted octanol–water partition coefficient (Wildman–Crippen LogP) is 3.60. The molecule has 2 amide bonds. The number of carbonyl (C=O) groups excluding carboxylic acids is 2. The van der Waals surface area contributed by atoms with Gasteiger partial charge in [-0.05, 0) is 50.3 Å². The third kappa shape index (κ3) is 5.43. The van der Waals surface area contributed by atoms with Crippen LogP contribution in [-0.2, 0) is 11.2 Å². The van der Waals surface area contributed by atoms with Crippen LogP contribution in [0.4, 0.5) is 0 Å². The standard InChI is InChI=1S/C23H28N2O2/c1-18-9-11-21(12-10-18)23(27)25-16-13-20(14-17-25)22(26)24-15-5-8-19-6-3-2-4-7-19/h2-4,6-7,9-12,20H,5,8,13-17H2,1H3,(H,24,26). The molecule has 27 heavy (non-hydrogen) atoms. The van der Waals surface area contributed by atoms with Crippen LogP contribution in [0.1, 0.15) is 40.7 Å². The zero-order chi connectivity index (χ0) is 19.1. The molecule has 4 heteroatoms. The van der Waals surface area contributed by atoms with Gasteiger partial charge >= 0.3 is 0 Å². The highest BCUT2D eigenvalue weighted by Crippen LogP contribution is 2.19. The first-order valence-electron chi connectivity index (χ1n) is 9.81. The second kappa shape index (κ2) is 9.36. The van der Waals surface area contributed by atoms with Gasteiger partial charge in [-0.1, -0.05) is 48.0 Å². The molecule has 0 aliphatic carbocycles. The number of carbonyl (C=O) groups is 2. The Morgan fingerprint density at radius 2 is 1.67 bits per heavy atom. The van der Waals surface area contributed by atoms with E-state index in [2.05, 4.69) is 17.4 Å². The maximum Gasteiger partial charge on any atom is 0.253 e. The summed E-state index contributed by atoms with van der Waals surface area (Å²) in [5.74, 6) is 0.214. The van der Waals surface area contributed by atoms with Gasteiger partial charge in [0.1, 0.15) is 0 Å². The molecule has 2 aromatic rings. The van der Waals surface area contributed by atoms with Crippen molar-refractivity contribution >= 4 is 11.8 Å². The summed E-state index contributed by atoms with van der Waals surface area (Å²) in [7, 11) is 0. The molecule has 0 aromatic heterocycles. The first-order chi connectivity index (χ1) is 13.1. The first-order valence-corrected chi connectivity index (χ1v) is 9.81. The molecular weight excluding hydrogens is 336 g/mol. The third-order valence-corrected chi connectivity index (χ3v) is 5.24. The predicted molar refractivity (Wildman–Crippen MR) is 108 cm³/mol. The fourth-order valence-electron chi connectivity index (χ4n) is 3.52. The number of amides is 2. The third-order valence-electron chi connectivity index (χ3n) is 5.24. The summed E-state index contributed by atoms with van der Waals surface area (Å²) in [6.45, 7) is 4.01. The molecule has 3 rings (SSSR count). The Kier molecular flexibility index (Phi) is 6.64. The Bertz CT molecular complexity index is 748. The Balaban J connectivity index is 1.38. The van der Waals surface area contributed by atoms with Gasteiger partial charge in [0.25, 0.3) is 5.91 Å². The Labute approximate surface area is 161 Å². The SMILES string of the molecule is Cc1ccc(C(=O)N2CCC(C(=O)NCCCc3ccccc3)CC2)cc1. The van der Waals surface area contributed by atoms with E-state index in [4.69, 9.17) is 0 Å². The molecule has 1 aliphatic rings. The number of hydrogen-bond donors (Lipinski definition) is 1. The molecule has 1 fully saturated rings. The van der Waals surface area contributed by atoms with Crippen molar-refractivity contribution in [2.45, 2.75) is 32.6 Å². The van der Waals surface area contributed by atoms with Gasteiger partial charge in [0.2, 0.25) is 5.91 Å². The summed E-state index contributed by atoms with van der Waals surface area (Å²) in [4.78, 5) is 26.8. The highest BCUT2D eigenvalue weighted by atomic mass is 16.2. The van der Waals surface area contributed by atoms with Crippen LogP contribution in [-0.4, -0.2) is 36.3 Å². The molecule has 1 aliphatic heterocycles. The lowest BCUT2D eigenvalue weighted by Gasteiger charge is -2.31. The molecule has 0 radical (unpaired) electrons.